The molecule has 1 aromatic carbocycles. The number of methoxy groups -OCH3 is 2. The maximum atomic E-state index is 5.40. The molecular formula is C16H23NO2. The largest absolute Gasteiger partial charge is 0.497 e. The van der Waals surface area contributed by atoms with Crippen LogP contribution in [-0.4, -0.2) is 26.3 Å². The molecule has 1 aliphatic heterocycles. The van der Waals surface area contributed by atoms with E-state index in [4.69, 9.17) is 9.47 Å². The number of rotatable bonds is 4. The van der Waals surface area contributed by atoms with Gasteiger partial charge in [-0.3, -0.25) is 0 Å². The van der Waals surface area contributed by atoms with Crippen LogP contribution < -0.4 is 14.8 Å². The summed E-state index contributed by atoms with van der Waals surface area (Å²) >= 11 is 0. The molecule has 2 atom stereocenters. The fourth-order valence-electron chi connectivity index (χ4n) is 2.50. The van der Waals surface area contributed by atoms with Gasteiger partial charge in [-0.05, 0) is 31.9 Å². The summed E-state index contributed by atoms with van der Waals surface area (Å²) < 4.78 is 10.6. The van der Waals surface area contributed by atoms with Crippen LogP contribution in [0, 0.1) is 0 Å². The minimum Gasteiger partial charge on any atom is -0.497 e. The first-order chi connectivity index (χ1) is 9.22. The molecular weight excluding hydrogens is 238 g/mol. The Labute approximate surface area is 115 Å². The monoisotopic (exact) mass is 261 g/mol. The molecule has 0 amide bonds. The Morgan fingerprint density at radius 3 is 2.74 bits per heavy atom. The van der Waals surface area contributed by atoms with Gasteiger partial charge in [0.2, 0.25) is 0 Å². The average molecular weight is 261 g/mol. The molecule has 3 heteroatoms. The highest BCUT2D eigenvalue weighted by Gasteiger charge is 2.15. The molecule has 1 saturated heterocycles. The average Bonchev–Trinajstić information content (AvgIpc) is 2.45. The summed E-state index contributed by atoms with van der Waals surface area (Å²) in [6.07, 6.45) is 8.15. The van der Waals surface area contributed by atoms with E-state index in [2.05, 4.69) is 24.4 Å². The van der Waals surface area contributed by atoms with Gasteiger partial charge in [0.1, 0.15) is 11.5 Å². The summed E-state index contributed by atoms with van der Waals surface area (Å²) in [6, 6.07) is 6.98. The number of ether oxygens (including phenoxy) is 2. The number of piperidine rings is 1. The van der Waals surface area contributed by atoms with Crippen molar-refractivity contribution in [1.29, 1.82) is 0 Å². The summed E-state index contributed by atoms with van der Waals surface area (Å²) in [5.41, 5.74) is 1.09. The van der Waals surface area contributed by atoms with Crippen LogP contribution in [0.1, 0.15) is 31.7 Å². The van der Waals surface area contributed by atoms with Crippen molar-refractivity contribution in [3.63, 3.8) is 0 Å². The van der Waals surface area contributed by atoms with Crippen molar-refractivity contribution in [2.24, 2.45) is 0 Å². The first-order valence-corrected chi connectivity index (χ1v) is 6.89. The molecule has 0 aliphatic carbocycles. The van der Waals surface area contributed by atoms with Crippen molar-refractivity contribution in [3.8, 4) is 11.5 Å². The van der Waals surface area contributed by atoms with Crippen LogP contribution in [0.15, 0.2) is 24.3 Å². The minimum absolute atomic E-state index is 0.468. The van der Waals surface area contributed by atoms with Gasteiger partial charge >= 0.3 is 0 Å². The normalized spacial score (nSPS) is 23.5. The minimum atomic E-state index is 0.468. The number of hydrogen-bond donors (Lipinski definition) is 1. The Morgan fingerprint density at radius 2 is 2.05 bits per heavy atom. The first-order valence-electron chi connectivity index (χ1n) is 6.89. The highest BCUT2D eigenvalue weighted by atomic mass is 16.5. The summed E-state index contributed by atoms with van der Waals surface area (Å²) in [6.45, 7) is 2.24. The molecule has 1 aromatic rings. The third kappa shape index (κ3) is 3.74. The quantitative estimate of drug-likeness (QED) is 0.902. The van der Waals surface area contributed by atoms with Crippen molar-refractivity contribution < 1.29 is 9.47 Å². The lowest BCUT2D eigenvalue weighted by atomic mass is 9.99. The van der Waals surface area contributed by atoms with E-state index < -0.39 is 0 Å². The predicted octanol–water partition coefficient (Wildman–Crippen LogP) is 3.25. The van der Waals surface area contributed by atoms with Crippen molar-refractivity contribution >= 4 is 6.08 Å². The third-order valence-corrected chi connectivity index (χ3v) is 3.60. The van der Waals surface area contributed by atoms with Gasteiger partial charge in [0, 0.05) is 23.7 Å². The van der Waals surface area contributed by atoms with Crippen LogP contribution in [0.3, 0.4) is 0 Å². The molecule has 3 nitrogen and oxygen atoms in total. The molecule has 19 heavy (non-hydrogen) atoms. The molecule has 1 aliphatic rings. The van der Waals surface area contributed by atoms with Crippen LogP contribution in [-0.2, 0) is 0 Å². The van der Waals surface area contributed by atoms with Gasteiger partial charge in [-0.1, -0.05) is 18.6 Å². The Balaban J connectivity index is 2.09. The Hall–Kier alpha value is -1.48. The van der Waals surface area contributed by atoms with E-state index in [-0.39, 0.29) is 0 Å². The van der Waals surface area contributed by atoms with Gasteiger partial charge < -0.3 is 14.8 Å². The van der Waals surface area contributed by atoms with E-state index in [0.29, 0.717) is 12.1 Å². The second-order valence-corrected chi connectivity index (χ2v) is 5.07. The molecule has 1 N–H and O–H groups in total. The Bertz CT molecular complexity index is 442. The van der Waals surface area contributed by atoms with Crippen LogP contribution in [0.25, 0.3) is 6.08 Å². The second kappa shape index (κ2) is 6.62. The van der Waals surface area contributed by atoms with E-state index in [1.54, 1.807) is 14.2 Å². The van der Waals surface area contributed by atoms with Crippen LogP contribution >= 0.6 is 0 Å². The zero-order valence-electron chi connectivity index (χ0n) is 12.0. The number of benzene rings is 1. The molecule has 0 bridgehead atoms. The van der Waals surface area contributed by atoms with Gasteiger partial charge in [-0.2, -0.15) is 0 Å². The topological polar surface area (TPSA) is 30.5 Å². The van der Waals surface area contributed by atoms with E-state index in [1.807, 2.05) is 18.2 Å². The van der Waals surface area contributed by atoms with E-state index in [1.165, 1.54) is 19.3 Å². The maximum Gasteiger partial charge on any atom is 0.129 e. The molecule has 0 saturated carbocycles. The van der Waals surface area contributed by atoms with E-state index >= 15 is 0 Å². The number of hydrogen-bond acceptors (Lipinski definition) is 3. The highest BCUT2D eigenvalue weighted by Crippen LogP contribution is 2.26. The van der Waals surface area contributed by atoms with Gasteiger partial charge in [0.15, 0.2) is 0 Å². The van der Waals surface area contributed by atoms with Crippen LogP contribution in [0.4, 0.5) is 0 Å². The Kier molecular flexibility index (Phi) is 4.86. The zero-order valence-corrected chi connectivity index (χ0v) is 12.0. The molecule has 0 spiro atoms. The smallest absolute Gasteiger partial charge is 0.129 e. The fourth-order valence-corrected chi connectivity index (χ4v) is 2.50. The third-order valence-electron chi connectivity index (χ3n) is 3.60. The molecule has 0 radical (unpaired) electrons. The Morgan fingerprint density at radius 1 is 1.21 bits per heavy atom. The van der Waals surface area contributed by atoms with Crippen LogP contribution in [0.2, 0.25) is 0 Å². The first kappa shape index (κ1) is 13.9. The van der Waals surface area contributed by atoms with Crippen LogP contribution in [0.5, 0.6) is 11.5 Å². The summed E-state index contributed by atoms with van der Waals surface area (Å²) in [7, 11) is 3.35. The lowest BCUT2D eigenvalue weighted by Crippen LogP contribution is -2.39. The van der Waals surface area contributed by atoms with Crippen molar-refractivity contribution in [2.75, 3.05) is 14.2 Å². The van der Waals surface area contributed by atoms with Gasteiger partial charge in [0.05, 0.1) is 14.2 Å². The van der Waals surface area contributed by atoms with Crippen molar-refractivity contribution in [1.82, 2.24) is 5.32 Å². The van der Waals surface area contributed by atoms with Crippen molar-refractivity contribution in [2.45, 2.75) is 38.3 Å². The summed E-state index contributed by atoms with van der Waals surface area (Å²) in [5.74, 6) is 1.66. The second-order valence-electron chi connectivity index (χ2n) is 5.07. The molecule has 1 heterocycles. The SMILES string of the molecule is COc1ccc(/C=C/C2CCCC(C)N2)c(OC)c1. The zero-order chi connectivity index (χ0) is 13.7. The molecule has 2 unspecified atom stereocenters. The van der Waals surface area contributed by atoms with E-state index in [0.717, 1.165) is 17.1 Å². The lowest BCUT2D eigenvalue weighted by Gasteiger charge is -2.26. The summed E-state index contributed by atoms with van der Waals surface area (Å²) in [5, 5.41) is 3.59. The van der Waals surface area contributed by atoms with Crippen molar-refractivity contribution in [3.05, 3.63) is 29.8 Å². The summed E-state index contributed by atoms with van der Waals surface area (Å²) in [4.78, 5) is 0. The standard InChI is InChI=1S/C16H23NO2/c1-12-5-4-6-14(17-12)9-7-13-8-10-15(18-2)11-16(13)19-3/h7-12,14,17H,4-6H2,1-3H3/b9-7+. The highest BCUT2D eigenvalue weighted by molar-refractivity contribution is 5.59. The van der Waals surface area contributed by atoms with Gasteiger partial charge in [0.25, 0.3) is 0 Å². The maximum absolute atomic E-state index is 5.40. The van der Waals surface area contributed by atoms with Gasteiger partial charge in [-0.25, -0.2) is 0 Å². The lowest BCUT2D eigenvalue weighted by molar-refractivity contribution is 0.375. The number of nitrogens with one attached hydrogen (secondary N) is 1. The molecule has 1 fully saturated rings. The molecule has 104 valence electrons. The van der Waals surface area contributed by atoms with E-state index in [9.17, 15) is 0 Å². The predicted molar refractivity (Wildman–Crippen MR) is 78.8 cm³/mol. The van der Waals surface area contributed by atoms with Gasteiger partial charge in [-0.15, -0.1) is 0 Å². The molecule has 0 aromatic heterocycles. The molecule has 2 rings (SSSR count). The fraction of sp³-hybridized carbons (Fsp3) is 0.500.